The van der Waals surface area contributed by atoms with Gasteiger partial charge >= 0.3 is 0 Å². The molecule has 1 unspecified atom stereocenters. The van der Waals surface area contributed by atoms with Gasteiger partial charge in [-0.15, -0.1) is 0 Å². The summed E-state index contributed by atoms with van der Waals surface area (Å²) in [5.41, 5.74) is 1.21. The van der Waals surface area contributed by atoms with Gasteiger partial charge in [-0.3, -0.25) is 0 Å². The predicted molar refractivity (Wildman–Crippen MR) is 53.3 cm³/mol. The van der Waals surface area contributed by atoms with E-state index >= 15 is 0 Å². The van der Waals surface area contributed by atoms with Crippen LogP contribution in [0.3, 0.4) is 0 Å². The van der Waals surface area contributed by atoms with Crippen molar-refractivity contribution >= 4 is 5.71 Å². The second-order valence-electron chi connectivity index (χ2n) is 3.83. The minimum absolute atomic E-state index is 0. The summed E-state index contributed by atoms with van der Waals surface area (Å²) in [6, 6.07) is 0. The molecule has 0 amide bonds. The molecule has 72 valence electrons. The van der Waals surface area contributed by atoms with Crippen LogP contribution in [0.2, 0.25) is 0 Å². The van der Waals surface area contributed by atoms with Crippen molar-refractivity contribution in [2.75, 3.05) is 0 Å². The quantitative estimate of drug-likeness (QED) is 0.625. The minimum Gasteiger partial charge on any atom is -0.392 e. The molecule has 0 fully saturated rings. The van der Waals surface area contributed by atoms with Gasteiger partial charge in [0, 0.05) is 6.42 Å². The van der Waals surface area contributed by atoms with Gasteiger partial charge in [-0.25, -0.2) is 0 Å². The zero-order valence-electron chi connectivity index (χ0n) is 7.79. The zero-order chi connectivity index (χ0) is 8.43. The van der Waals surface area contributed by atoms with E-state index in [0.717, 1.165) is 6.42 Å². The van der Waals surface area contributed by atoms with Crippen molar-refractivity contribution in [1.82, 2.24) is 0 Å². The summed E-state index contributed by atoms with van der Waals surface area (Å²) in [5.74, 6) is 1.12. The van der Waals surface area contributed by atoms with Crippen LogP contribution in [0.5, 0.6) is 0 Å². The Labute approximate surface area is 76.0 Å². The maximum absolute atomic E-state index is 5.28. The van der Waals surface area contributed by atoms with Gasteiger partial charge in [0.05, 0.1) is 5.71 Å². The molecule has 0 aromatic rings. The molecule has 1 atom stereocenters. The van der Waals surface area contributed by atoms with Crippen LogP contribution in [0.15, 0.2) is 5.16 Å². The lowest BCUT2D eigenvalue weighted by Crippen LogP contribution is -2.16. The largest absolute Gasteiger partial charge is 0.392 e. The number of hydrogen-bond donors (Lipinski definition) is 0. The van der Waals surface area contributed by atoms with E-state index in [1.807, 2.05) is 0 Å². The Balaban J connectivity index is 0.00000121. The molecule has 0 spiro atoms. The van der Waals surface area contributed by atoms with Crippen molar-refractivity contribution in [1.29, 1.82) is 0 Å². The fraction of sp³-hybridized carbons (Fsp3) is 0.900. The Morgan fingerprint density at radius 3 is 2.17 bits per heavy atom. The first-order valence-corrected chi connectivity index (χ1v) is 4.34. The van der Waals surface area contributed by atoms with Crippen LogP contribution in [-0.2, 0) is 4.84 Å². The highest BCUT2D eigenvalue weighted by Crippen LogP contribution is 2.21. The monoisotopic (exact) mass is 171 g/mol. The van der Waals surface area contributed by atoms with E-state index in [1.54, 1.807) is 0 Å². The van der Waals surface area contributed by atoms with E-state index in [2.05, 4.69) is 32.9 Å². The van der Waals surface area contributed by atoms with Crippen LogP contribution in [0.25, 0.3) is 0 Å². The molecule has 0 aromatic carbocycles. The van der Waals surface area contributed by atoms with Crippen molar-refractivity contribution in [3.05, 3.63) is 0 Å². The lowest BCUT2D eigenvalue weighted by atomic mass is 9.97. The average molecular weight is 171 g/mol. The van der Waals surface area contributed by atoms with Gasteiger partial charge in [-0.05, 0) is 11.8 Å². The third-order valence-corrected chi connectivity index (χ3v) is 2.13. The summed E-state index contributed by atoms with van der Waals surface area (Å²) in [5, 5.41) is 4.05. The topological polar surface area (TPSA) is 21.6 Å². The normalized spacial score (nSPS) is 22.2. The Kier molecular flexibility index (Phi) is 4.29. The third-order valence-electron chi connectivity index (χ3n) is 2.13. The highest BCUT2D eigenvalue weighted by molar-refractivity contribution is 5.87. The second-order valence-corrected chi connectivity index (χ2v) is 3.83. The van der Waals surface area contributed by atoms with Gasteiger partial charge in [0.1, 0.15) is 6.10 Å². The summed E-state index contributed by atoms with van der Waals surface area (Å²) < 4.78 is 0. The molecule has 0 N–H and O–H groups in total. The van der Waals surface area contributed by atoms with Crippen molar-refractivity contribution in [3.63, 3.8) is 0 Å². The molecule has 0 radical (unpaired) electrons. The molecule has 0 saturated heterocycles. The number of rotatable bonds is 2. The third kappa shape index (κ3) is 2.50. The highest BCUT2D eigenvalue weighted by Gasteiger charge is 2.25. The molecule has 0 aromatic heterocycles. The molecule has 2 heteroatoms. The summed E-state index contributed by atoms with van der Waals surface area (Å²) in [7, 11) is 0. The van der Waals surface area contributed by atoms with Gasteiger partial charge in [-0.1, -0.05) is 40.3 Å². The lowest BCUT2D eigenvalue weighted by molar-refractivity contribution is 0.0521. The van der Waals surface area contributed by atoms with E-state index in [-0.39, 0.29) is 7.43 Å². The fourth-order valence-electron chi connectivity index (χ4n) is 1.11. The van der Waals surface area contributed by atoms with Crippen molar-refractivity contribution < 1.29 is 4.84 Å². The predicted octanol–water partition coefficient (Wildman–Crippen LogP) is 3.08. The maximum atomic E-state index is 5.28. The molecule has 0 bridgehead atoms. The zero-order valence-corrected chi connectivity index (χ0v) is 7.79. The highest BCUT2D eigenvalue weighted by atomic mass is 16.6. The summed E-state index contributed by atoms with van der Waals surface area (Å²) >= 11 is 0. The van der Waals surface area contributed by atoms with Crippen molar-refractivity contribution in [2.24, 2.45) is 17.0 Å². The Morgan fingerprint density at radius 2 is 1.92 bits per heavy atom. The minimum atomic E-state index is 0. The number of nitrogens with zero attached hydrogens (tertiary/aromatic N) is 1. The number of hydrogen-bond acceptors (Lipinski definition) is 2. The van der Waals surface area contributed by atoms with Gasteiger partial charge in [0.2, 0.25) is 0 Å². The molecule has 2 nitrogen and oxygen atoms in total. The lowest BCUT2D eigenvalue weighted by Gasteiger charge is -2.11. The second kappa shape index (κ2) is 4.48. The summed E-state index contributed by atoms with van der Waals surface area (Å²) in [4.78, 5) is 5.28. The summed E-state index contributed by atoms with van der Waals surface area (Å²) in [6.45, 7) is 8.66. The van der Waals surface area contributed by atoms with Crippen LogP contribution >= 0.6 is 0 Å². The van der Waals surface area contributed by atoms with E-state index in [1.165, 1.54) is 5.71 Å². The summed E-state index contributed by atoms with van der Waals surface area (Å²) in [6.07, 6.45) is 1.35. The van der Waals surface area contributed by atoms with Gasteiger partial charge in [-0.2, -0.15) is 0 Å². The van der Waals surface area contributed by atoms with Crippen molar-refractivity contribution in [2.45, 2.75) is 47.6 Å². The van der Waals surface area contributed by atoms with E-state index in [9.17, 15) is 0 Å². The van der Waals surface area contributed by atoms with Gasteiger partial charge in [0.25, 0.3) is 0 Å². The first-order chi connectivity index (χ1) is 5.11. The Morgan fingerprint density at radius 1 is 1.33 bits per heavy atom. The maximum Gasteiger partial charge on any atom is 0.135 e. The smallest absolute Gasteiger partial charge is 0.135 e. The van der Waals surface area contributed by atoms with Gasteiger partial charge < -0.3 is 4.84 Å². The Bertz CT molecular complexity index is 161. The molecule has 1 aliphatic rings. The van der Waals surface area contributed by atoms with E-state index < -0.39 is 0 Å². The van der Waals surface area contributed by atoms with E-state index in [0.29, 0.717) is 17.9 Å². The SMILES string of the molecule is C.CC(C)C1=NOC(C(C)C)C1. The van der Waals surface area contributed by atoms with Crippen LogP contribution in [0, 0.1) is 11.8 Å². The molecular weight excluding hydrogens is 150 g/mol. The first kappa shape index (κ1) is 11.5. The Hall–Kier alpha value is -0.530. The fourth-order valence-corrected chi connectivity index (χ4v) is 1.11. The van der Waals surface area contributed by atoms with Crippen molar-refractivity contribution in [3.8, 4) is 0 Å². The molecule has 1 aliphatic heterocycles. The standard InChI is InChI=1S/C9H17NO.CH4/c1-6(2)8-5-9(7(3)4)11-10-8;/h6-7,9H,5H2,1-4H3;1H4. The molecular formula is C10H21NO. The van der Waals surface area contributed by atoms with Crippen LogP contribution < -0.4 is 0 Å². The molecule has 0 aliphatic carbocycles. The van der Waals surface area contributed by atoms with Crippen LogP contribution in [0.1, 0.15) is 41.5 Å². The molecule has 1 heterocycles. The molecule has 0 saturated carbocycles. The van der Waals surface area contributed by atoms with E-state index in [4.69, 9.17) is 4.84 Å². The molecule has 1 rings (SSSR count). The molecule has 12 heavy (non-hydrogen) atoms. The first-order valence-electron chi connectivity index (χ1n) is 4.34. The number of oxime groups is 1. The van der Waals surface area contributed by atoms with Crippen LogP contribution in [-0.4, -0.2) is 11.8 Å². The average Bonchev–Trinajstić information content (AvgIpc) is 2.33. The van der Waals surface area contributed by atoms with Gasteiger partial charge in [0.15, 0.2) is 0 Å². The van der Waals surface area contributed by atoms with Crippen LogP contribution in [0.4, 0.5) is 0 Å².